The molecule has 0 saturated heterocycles. The van der Waals surface area contributed by atoms with Gasteiger partial charge in [-0.3, -0.25) is 14.3 Å². The molecule has 4 rings (SSSR count). The van der Waals surface area contributed by atoms with Crippen LogP contribution in [0.25, 0.3) is 11.4 Å². The van der Waals surface area contributed by atoms with Gasteiger partial charge in [-0.25, -0.2) is 4.98 Å². The maximum Gasteiger partial charge on any atom is 0.236 e. The first-order valence-corrected chi connectivity index (χ1v) is 12.4. The number of hydrogen-bond acceptors (Lipinski definition) is 7. The monoisotopic (exact) mass is 516 g/mol. The fourth-order valence-corrected chi connectivity index (χ4v) is 5.13. The van der Waals surface area contributed by atoms with Crippen LogP contribution < -0.4 is 5.32 Å². The summed E-state index contributed by atoms with van der Waals surface area (Å²) in [5.41, 5.74) is 1.73. The Kier molecular flexibility index (Phi) is 7.77. The second-order valence-corrected chi connectivity index (χ2v) is 9.66. The van der Waals surface area contributed by atoms with Gasteiger partial charge >= 0.3 is 0 Å². The van der Waals surface area contributed by atoms with Crippen LogP contribution in [0.1, 0.15) is 10.4 Å². The molecule has 1 aromatic carbocycles. The molecular formula is C22H18Cl2N6OS2. The van der Waals surface area contributed by atoms with Crippen LogP contribution in [0, 0.1) is 0 Å². The van der Waals surface area contributed by atoms with Gasteiger partial charge in [-0.15, -0.1) is 28.1 Å². The Morgan fingerprint density at radius 2 is 1.94 bits per heavy atom. The molecule has 7 nitrogen and oxygen atoms in total. The van der Waals surface area contributed by atoms with Gasteiger partial charge < -0.3 is 5.32 Å². The molecule has 11 heteroatoms. The predicted molar refractivity (Wildman–Crippen MR) is 134 cm³/mol. The van der Waals surface area contributed by atoms with Crippen LogP contribution in [0.2, 0.25) is 10.0 Å². The van der Waals surface area contributed by atoms with E-state index in [0.717, 1.165) is 16.0 Å². The van der Waals surface area contributed by atoms with Crippen LogP contribution in [0.5, 0.6) is 0 Å². The summed E-state index contributed by atoms with van der Waals surface area (Å²) in [6.45, 7) is 4.33. The second kappa shape index (κ2) is 10.9. The number of nitrogens with one attached hydrogen (secondary N) is 1. The van der Waals surface area contributed by atoms with Gasteiger partial charge in [0.1, 0.15) is 0 Å². The van der Waals surface area contributed by atoms with E-state index in [2.05, 4.69) is 32.1 Å². The molecule has 168 valence electrons. The molecule has 1 N–H and O–H groups in total. The molecule has 1 amide bonds. The average molecular weight is 517 g/mol. The molecule has 3 heterocycles. The predicted octanol–water partition coefficient (Wildman–Crippen LogP) is 5.61. The van der Waals surface area contributed by atoms with Crippen LogP contribution in [0.4, 0.5) is 5.13 Å². The van der Waals surface area contributed by atoms with E-state index >= 15 is 0 Å². The van der Waals surface area contributed by atoms with Crippen molar-refractivity contribution in [1.29, 1.82) is 0 Å². The van der Waals surface area contributed by atoms with Crippen molar-refractivity contribution in [2.24, 2.45) is 0 Å². The molecule has 3 aromatic heterocycles. The summed E-state index contributed by atoms with van der Waals surface area (Å²) in [7, 11) is 0. The van der Waals surface area contributed by atoms with Gasteiger partial charge in [0.2, 0.25) is 5.91 Å². The van der Waals surface area contributed by atoms with Crippen LogP contribution in [-0.4, -0.2) is 36.4 Å². The van der Waals surface area contributed by atoms with E-state index in [-0.39, 0.29) is 11.7 Å². The molecule has 0 spiro atoms. The lowest BCUT2D eigenvalue weighted by Crippen LogP contribution is -2.14. The summed E-state index contributed by atoms with van der Waals surface area (Å²) in [6.07, 6.45) is 7.42. The Bertz CT molecular complexity index is 1250. The molecule has 0 aliphatic heterocycles. The first-order chi connectivity index (χ1) is 16.0. The third-order valence-corrected chi connectivity index (χ3v) is 7.10. The summed E-state index contributed by atoms with van der Waals surface area (Å²) >= 11 is 15.2. The van der Waals surface area contributed by atoms with Gasteiger partial charge in [-0.1, -0.05) is 47.1 Å². The maximum atomic E-state index is 12.5. The van der Waals surface area contributed by atoms with E-state index in [1.54, 1.807) is 42.9 Å². The zero-order valence-corrected chi connectivity index (χ0v) is 20.4. The quantitative estimate of drug-likeness (QED) is 0.230. The van der Waals surface area contributed by atoms with E-state index in [9.17, 15) is 4.79 Å². The Balaban J connectivity index is 1.38. The van der Waals surface area contributed by atoms with E-state index in [4.69, 9.17) is 23.2 Å². The molecule has 0 aliphatic rings. The second-order valence-electron chi connectivity index (χ2n) is 6.79. The summed E-state index contributed by atoms with van der Waals surface area (Å²) in [6, 6.07) is 9.13. The highest BCUT2D eigenvalue weighted by molar-refractivity contribution is 7.99. The number of anilines is 1. The van der Waals surface area contributed by atoms with Crippen LogP contribution in [0.15, 0.2) is 66.7 Å². The van der Waals surface area contributed by atoms with E-state index < -0.39 is 0 Å². The Hall–Kier alpha value is -2.72. The van der Waals surface area contributed by atoms with E-state index in [1.807, 2.05) is 16.7 Å². The van der Waals surface area contributed by atoms with Gasteiger partial charge in [0.05, 0.1) is 5.75 Å². The number of halogens is 2. The SMILES string of the molecule is C=CCn1c(SCC(=O)Nc2ncc(Cc3c(Cl)cccc3Cl)s2)nnc1-c1ccncc1. The minimum atomic E-state index is -0.185. The Morgan fingerprint density at radius 3 is 2.67 bits per heavy atom. The average Bonchev–Trinajstić information content (AvgIpc) is 3.42. The number of rotatable bonds is 9. The largest absolute Gasteiger partial charge is 0.301 e. The summed E-state index contributed by atoms with van der Waals surface area (Å²) in [5.74, 6) is 0.676. The number of nitrogens with zero attached hydrogens (tertiary/aromatic N) is 5. The molecule has 0 aliphatic carbocycles. The van der Waals surface area contributed by atoms with Crippen molar-refractivity contribution in [1.82, 2.24) is 24.7 Å². The first-order valence-electron chi connectivity index (χ1n) is 9.80. The first kappa shape index (κ1) is 23.4. The normalized spacial score (nSPS) is 10.8. The van der Waals surface area contributed by atoms with Crippen LogP contribution >= 0.6 is 46.3 Å². The molecule has 0 atom stereocenters. The van der Waals surface area contributed by atoms with Gasteiger partial charge in [0.15, 0.2) is 16.1 Å². The lowest BCUT2D eigenvalue weighted by molar-refractivity contribution is -0.113. The van der Waals surface area contributed by atoms with Crippen molar-refractivity contribution in [3.8, 4) is 11.4 Å². The lowest BCUT2D eigenvalue weighted by Gasteiger charge is -2.07. The number of allylic oxidation sites excluding steroid dienone is 1. The number of thiazole rings is 1. The minimum Gasteiger partial charge on any atom is -0.301 e. The van der Waals surface area contributed by atoms with E-state index in [1.165, 1.54) is 23.1 Å². The lowest BCUT2D eigenvalue weighted by atomic mass is 10.1. The minimum absolute atomic E-state index is 0.164. The van der Waals surface area contributed by atoms with Gasteiger partial charge in [-0.2, -0.15) is 0 Å². The fourth-order valence-electron chi connectivity index (χ4n) is 3.01. The maximum absolute atomic E-state index is 12.5. The zero-order valence-electron chi connectivity index (χ0n) is 17.2. The highest BCUT2D eigenvalue weighted by Gasteiger charge is 2.16. The molecule has 4 aromatic rings. The summed E-state index contributed by atoms with van der Waals surface area (Å²) in [4.78, 5) is 21.8. The fraction of sp³-hybridized carbons (Fsp3) is 0.136. The molecular weight excluding hydrogens is 499 g/mol. The molecule has 33 heavy (non-hydrogen) atoms. The van der Waals surface area contributed by atoms with Crippen molar-refractivity contribution >= 4 is 57.3 Å². The Morgan fingerprint density at radius 1 is 1.18 bits per heavy atom. The number of aromatic nitrogens is 5. The molecule has 0 saturated carbocycles. The zero-order chi connectivity index (χ0) is 23.2. The number of hydrogen-bond donors (Lipinski definition) is 1. The number of pyridine rings is 1. The molecule has 0 unspecified atom stereocenters. The highest BCUT2D eigenvalue weighted by atomic mass is 35.5. The van der Waals surface area contributed by atoms with Gasteiger partial charge in [-0.05, 0) is 29.8 Å². The topological polar surface area (TPSA) is 85.6 Å². The third kappa shape index (κ3) is 5.80. The van der Waals surface area contributed by atoms with E-state index in [0.29, 0.717) is 39.1 Å². The van der Waals surface area contributed by atoms with Crippen LogP contribution in [0.3, 0.4) is 0 Å². The van der Waals surface area contributed by atoms with Crippen LogP contribution in [-0.2, 0) is 17.8 Å². The number of carbonyl (C=O) groups is 1. The number of benzene rings is 1. The van der Waals surface area contributed by atoms with Gasteiger partial charge in [0, 0.05) is 52.0 Å². The van der Waals surface area contributed by atoms with Crippen molar-refractivity contribution in [2.45, 2.75) is 18.1 Å². The molecule has 0 radical (unpaired) electrons. The van der Waals surface area contributed by atoms with Crippen molar-refractivity contribution in [3.63, 3.8) is 0 Å². The smallest absolute Gasteiger partial charge is 0.236 e. The number of carbonyl (C=O) groups excluding carboxylic acids is 1. The molecule has 0 bridgehead atoms. The standard InChI is InChI=1S/C22H18Cl2N6OS2/c1-2-10-30-20(14-6-8-25-9-7-14)28-29-22(30)32-13-19(31)27-21-26-12-15(33-21)11-16-17(23)4-3-5-18(16)24/h2-9,12H,1,10-11,13H2,(H,26,27,31). The summed E-state index contributed by atoms with van der Waals surface area (Å²) in [5, 5.41) is 13.7. The number of thioether (sulfide) groups is 1. The highest BCUT2D eigenvalue weighted by Crippen LogP contribution is 2.30. The van der Waals surface area contributed by atoms with Crippen molar-refractivity contribution < 1.29 is 4.79 Å². The number of amides is 1. The Labute approximate surface area is 208 Å². The third-order valence-electron chi connectivity index (χ3n) is 4.51. The van der Waals surface area contributed by atoms with Crippen molar-refractivity contribution in [3.05, 3.63) is 82.1 Å². The van der Waals surface area contributed by atoms with Crippen molar-refractivity contribution in [2.75, 3.05) is 11.1 Å². The summed E-state index contributed by atoms with van der Waals surface area (Å²) < 4.78 is 1.91. The molecule has 0 fully saturated rings. The van der Waals surface area contributed by atoms with Gasteiger partial charge in [0.25, 0.3) is 0 Å².